The molecule has 0 amide bonds. The molecule has 0 unspecified atom stereocenters. The normalized spacial score (nSPS) is 12.0. The van der Waals surface area contributed by atoms with Gasteiger partial charge >= 0.3 is 0 Å². The first-order valence-corrected chi connectivity index (χ1v) is 9.21. The minimum atomic E-state index is -3.73. The van der Waals surface area contributed by atoms with E-state index in [0.29, 0.717) is 11.4 Å². The zero-order valence-corrected chi connectivity index (χ0v) is 14.9. The molecule has 0 atom stereocenters. The van der Waals surface area contributed by atoms with Crippen LogP contribution in [-0.2, 0) is 10.0 Å². The average Bonchev–Trinajstić information content (AvgIpc) is 2.90. The molecule has 2 aromatic heterocycles. The SMILES string of the molecule is Cc1cc(NS(=O)(=O)c2cn(C(C)C)nc2C)c2ccccc2n1. The Morgan fingerprint density at radius 2 is 1.88 bits per heavy atom. The van der Waals surface area contributed by atoms with Crippen LogP contribution >= 0.6 is 0 Å². The van der Waals surface area contributed by atoms with E-state index in [-0.39, 0.29) is 10.9 Å². The summed E-state index contributed by atoms with van der Waals surface area (Å²) >= 11 is 0. The number of hydrogen-bond donors (Lipinski definition) is 1. The summed E-state index contributed by atoms with van der Waals surface area (Å²) < 4.78 is 30.0. The maximum atomic E-state index is 12.8. The highest BCUT2D eigenvalue weighted by Crippen LogP contribution is 2.26. The molecule has 126 valence electrons. The van der Waals surface area contributed by atoms with E-state index in [2.05, 4.69) is 14.8 Å². The minimum absolute atomic E-state index is 0.0941. The van der Waals surface area contributed by atoms with Gasteiger partial charge in [-0.3, -0.25) is 14.4 Å². The van der Waals surface area contributed by atoms with Gasteiger partial charge in [-0.15, -0.1) is 0 Å². The first-order valence-electron chi connectivity index (χ1n) is 7.73. The van der Waals surface area contributed by atoms with Crippen molar-refractivity contribution in [3.05, 3.63) is 47.9 Å². The van der Waals surface area contributed by atoms with Crippen LogP contribution < -0.4 is 4.72 Å². The highest BCUT2D eigenvalue weighted by molar-refractivity contribution is 7.92. The largest absolute Gasteiger partial charge is 0.279 e. The number of rotatable bonds is 4. The Labute approximate surface area is 141 Å². The topological polar surface area (TPSA) is 76.9 Å². The smallest absolute Gasteiger partial charge is 0.265 e. The number of nitrogens with one attached hydrogen (secondary N) is 1. The van der Waals surface area contributed by atoms with Crippen molar-refractivity contribution in [2.75, 3.05) is 4.72 Å². The maximum absolute atomic E-state index is 12.8. The van der Waals surface area contributed by atoms with Crippen molar-refractivity contribution in [3.63, 3.8) is 0 Å². The molecule has 0 aliphatic carbocycles. The van der Waals surface area contributed by atoms with Crippen LogP contribution in [0.5, 0.6) is 0 Å². The second-order valence-electron chi connectivity index (χ2n) is 6.09. The van der Waals surface area contributed by atoms with Gasteiger partial charge in [0.05, 0.1) is 16.9 Å². The van der Waals surface area contributed by atoms with Gasteiger partial charge in [0.25, 0.3) is 10.0 Å². The number of aryl methyl sites for hydroxylation is 2. The Hall–Kier alpha value is -2.41. The first-order chi connectivity index (χ1) is 11.3. The van der Waals surface area contributed by atoms with Gasteiger partial charge in [0, 0.05) is 23.3 Å². The molecule has 3 rings (SSSR count). The number of fused-ring (bicyclic) bond motifs is 1. The Balaban J connectivity index is 2.08. The fraction of sp³-hybridized carbons (Fsp3) is 0.294. The molecule has 1 aromatic carbocycles. The monoisotopic (exact) mass is 344 g/mol. The molecular formula is C17H20N4O2S. The third-order valence-electron chi connectivity index (χ3n) is 3.78. The lowest BCUT2D eigenvalue weighted by Gasteiger charge is -2.11. The van der Waals surface area contributed by atoms with Gasteiger partial charge < -0.3 is 0 Å². The second kappa shape index (κ2) is 5.90. The van der Waals surface area contributed by atoms with Crippen molar-refractivity contribution >= 4 is 26.6 Å². The molecule has 2 heterocycles. The molecule has 0 saturated carbocycles. The quantitative estimate of drug-likeness (QED) is 0.786. The summed E-state index contributed by atoms with van der Waals surface area (Å²) in [4.78, 5) is 4.62. The van der Waals surface area contributed by atoms with Crippen LogP contribution in [0.3, 0.4) is 0 Å². The lowest BCUT2D eigenvalue weighted by Crippen LogP contribution is -2.14. The molecule has 7 heteroatoms. The van der Waals surface area contributed by atoms with E-state index in [4.69, 9.17) is 0 Å². The lowest BCUT2D eigenvalue weighted by atomic mass is 10.2. The fourth-order valence-corrected chi connectivity index (χ4v) is 3.83. The van der Waals surface area contributed by atoms with Gasteiger partial charge in [-0.25, -0.2) is 8.42 Å². The maximum Gasteiger partial charge on any atom is 0.265 e. The summed E-state index contributed by atoms with van der Waals surface area (Å²) in [7, 11) is -3.73. The number of sulfonamides is 1. The van der Waals surface area contributed by atoms with Crippen molar-refractivity contribution in [2.24, 2.45) is 0 Å². The van der Waals surface area contributed by atoms with Crippen LogP contribution in [0.1, 0.15) is 31.3 Å². The Morgan fingerprint density at radius 3 is 2.54 bits per heavy atom. The molecule has 0 aliphatic rings. The summed E-state index contributed by atoms with van der Waals surface area (Å²) in [6.07, 6.45) is 1.57. The number of aromatic nitrogens is 3. The molecule has 3 aromatic rings. The molecule has 0 saturated heterocycles. The highest BCUT2D eigenvalue weighted by atomic mass is 32.2. The van der Waals surface area contributed by atoms with Gasteiger partial charge in [-0.05, 0) is 39.8 Å². The highest BCUT2D eigenvalue weighted by Gasteiger charge is 2.22. The Morgan fingerprint density at radius 1 is 1.17 bits per heavy atom. The molecule has 24 heavy (non-hydrogen) atoms. The van der Waals surface area contributed by atoms with Crippen molar-refractivity contribution in [1.29, 1.82) is 0 Å². The number of para-hydroxylation sites is 1. The van der Waals surface area contributed by atoms with Crippen LogP contribution in [0, 0.1) is 13.8 Å². The van der Waals surface area contributed by atoms with E-state index in [1.165, 1.54) is 0 Å². The summed E-state index contributed by atoms with van der Waals surface area (Å²) in [5, 5.41) is 5.05. The fourth-order valence-electron chi connectivity index (χ4n) is 2.59. The number of anilines is 1. The van der Waals surface area contributed by atoms with Crippen molar-refractivity contribution in [1.82, 2.24) is 14.8 Å². The minimum Gasteiger partial charge on any atom is -0.279 e. The van der Waals surface area contributed by atoms with Crippen LogP contribution in [-0.4, -0.2) is 23.2 Å². The van der Waals surface area contributed by atoms with Crippen LogP contribution in [0.15, 0.2) is 41.4 Å². The molecule has 0 radical (unpaired) electrons. The van der Waals surface area contributed by atoms with E-state index in [1.54, 1.807) is 23.9 Å². The Bertz CT molecular complexity index is 1010. The Kier molecular flexibility index (Phi) is 4.04. The summed E-state index contributed by atoms with van der Waals surface area (Å²) in [6.45, 7) is 7.45. The molecule has 1 N–H and O–H groups in total. The van der Waals surface area contributed by atoms with Gasteiger partial charge in [-0.1, -0.05) is 18.2 Å². The predicted molar refractivity (Wildman–Crippen MR) is 94.6 cm³/mol. The number of hydrogen-bond acceptors (Lipinski definition) is 4. The van der Waals surface area contributed by atoms with Crippen LogP contribution in [0.2, 0.25) is 0 Å². The van der Waals surface area contributed by atoms with E-state index in [9.17, 15) is 8.42 Å². The summed E-state index contributed by atoms with van der Waals surface area (Å²) in [5.74, 6) is 0. The van der Waals surface area contributed by atoms with Gasteiger partial charge in [-0.2, -0.15) is 5.10 Å². The van der Waals surface area contributed by atoms with Crippen LogP contribution in [0.25, 0.3) is 10.9 Å². The first kappa shape index (κ1) is 16.4. The standard InChI is InChI=1S/C17H20N4O2S/c1-11(2)21-10-17(13(4)19-21)24(22,23)20-16-9-12(3)18-15-8-6-5-7-14(15)16/h5-11H,1-4H3,(H,18,20). The lowest BCUT2D eigenvalue weighted by molar-refractivity contribution is 0.528. The van der Waals surface area contributed by atoms with Crippen LogP contribution in [0.4, 0.5) is 5.69 Å². The average molecular weight is 344 g/mol. The molecule has 0 spiro atoms. The van der Waals surface area contributed by atoms with Crippen molar-refractivity contribution < 1.29 is 8.42 Å². The number of nitrogens with zero attached hydrogens (tertiary/aromatic N) is 3. The van der Waals surface area contributed by atoms with E-state index >= 15 is 0 Å². The predicted octanol–water partition coefficient (Wildman–Crippen LogP) is 3.43. The number of benzene rings is 1. The molecule has 0 aliphatic heterocycles. The van der Waals surface area contributed by atoms with E-state index in [0.717, 1.165) is 16.6 Å². The molecule has 6 nitrogen and oxygen atoms in total. The van der Waals surface area contributed by atoms with E-state index in [1.807, 2.05) is 45.0 Å². The molecule has 0 bridgehead atoms. The zero-order valence-electron chi connectivity index (χ0n) is 14.1. The zero-order chi connectivity index (χ0) is 17.5. The second-order valence-corrected chi connectivity index (χ2v) is 7.74. The van der Waals surface area contributed by atoms with Gasteiger partial charge in [0.15, 0.2) is 0 Å². The van der Waals surface area contributed by atoms with Gasteiger partial charge in [0.2, 0.25) is 0 Å². The summed E-state index contributed by atoms with van der Waals surface area (Å²) in [5.41, 5.74) is 2.51. The third kappa shape index (κ3) is 2.99. The molecule has 0 fully saturated rings. The summed E-state index contributed by atoms with van der Waals surface area (Å²) in [6, 6.07) is 9.29. The molecular weight excluding hydrogens is 324 g/mol. The van der Waals surface area contributed by atoms with E-state index < -0.39 is 10.0 Å². The van der Waals surface area contributed by atoms with Crippen molar-refractivity contribution in [2.45, 2.75) is 38.6 Å². The van der Waals surface area contributed by atoms with Crippen molar-refractivity contribution in [3.8, 4) is 0 Å². The third-order valence-corrected chi connectivity index (χ3v) is 5.25. The van der Waals surface area contributed by atoms with Gasteiger partial charge in [0.1, 0.15) is 4.90 Å². The number of pyridine rings is 1.